The van der Waals surface area contributed by atoms with Gasteiger partial charge in [0.1, 0.15) is 0 Å². The third-order valence-corrected chi connectivity index (χ3v) is 7.59. The minimum absolute atomic E-state index is 0.139. The minimum atomic E-state index is -3.64. The molecule has 0 spiro atoms. The zero-order valence-electron chi connectivity index (χ0n) is 18.3. The fraction of sp³-hybridized carbons (Fsp3) is 0.429. The van der Waals surface area contributed by atoms with Crippen molar-refractivity contribution in [2.45, 2.75) is 31.6 Å². The summed E-state index contributed by atoms with van der Waals surface area (Å²) in [6, 6.07) is 8.30. The standard InChI is InChI=1S/C21H30N4O4S2/c1-5-25(6-2)31(28,29)16-11-12-18(24(3)4)17(15-16)23-20(26)10-7-13-22-21(27)19-9-8-14-30-19/h8-9,11-12,14-15H,5-7,10,13H2,1-4H3,(H,22,27)(H,23,26). The number of carbonyl (C=O) groups is 2. The monoisotopic (exact) mass is 466 g/mol. The Hall–Kier alpha value is -2.43. The number of hydrogen-bond donors (Lipinski definition) is 2. The van der Waals surface area contributed by atoms with Gasteiger partial charge in [0.05, 0.1) is 21.1 Å². The maximum Gasteiger partial charge on any atom is 0.261 e. The van der Waals surface area contributed by atoms with Crippen molar-refractivity contribution >= 4 is 44.5 Å². The van der Waals surface area contributed by atoms with Gasteiger partial charge in [-0.05, 0) is 36.1 Å². The van der Waals surface area contributed by atoms with E-state index in [4.69, 9.17) is 0 Å². The SMILES string of the molecule is CCN(CC)S(=O)(=O)c1ccc(N(C)C)c(NC(=O)CCCNC(=O)c2cccs2)c1. The second-order valence-corrected chi connectivity index (χ2v) is 9.93. The van der Waals surface area contributed by atoms with Crippen molar-refractivity contribution in [2.75, 3.05) is 43.9 Å². The Morgan fingerprint density at radius 1 is 1.10 bits per heavy atom. The van der Waals surface area contributed by atoms with Crippen LogP contribution in [0.4, 0.5) is 11.4 Å². The Labute approximate surface area is 188 Å². The molecule has 170 valence electrons. The van der Waals surface area contributed by atoms with Crippen LogP contribution in [0.2, 0.25) is 0 Å². The highest BCUT2D eigenvalue weighted by atomic mass is 32.2. The van der Waals surface area contributed by atoms with Crippen LogP contribution in [0.5, 0.6) is 0 Å². The van der Waals surface area contributed by atoms with Gasteiger partial charge in [-0.15, -0.1) is 11.3 Å². The second-order valence-electron chi connectivity index (χ2n) is 7.05. The summed E-state index contributed by atoms with van der Waals surface area (Å²) in [7, 11) is 0.00923. The summed E-state index contributed by atoms with van der Waals surface area (Å²) >= 11 is 1.36. The number of sulfonamides is 1. The highest BCUT2D eigenvalue weighted by molar-refractivity contribution is 7.89. The van der Waals surface area contributed by atoms with Gasteiger partial charge in [0.15, 0.2) is 0 Å². The molecule has 0 aliphatic rings. The van der Waals surface area contributed by atoms with Gasteiger partial charge in [-0.1, -0.05) is 19.9 Å². The summed E-state index contributed by atoms with van der Waals surface area (Å²) in [6.07, 6.45) is 0.669. The zero-order valence-corrected chi connectivity index (χ0v) is 20.0. The largest absolute Gasteiger partial charge is 0.376 e. The van der Waals surface area contributed by atoms with Crippen molar-refractivity contribution in [3.05, 3.63) is 40.6 Å². The molecule has 0 bridgehead atoms. The molecule has 8 nitrogen and oxygen atoms in total. The molecule has 0 saturated heterocycles. The van der Waals surface area contributed by atoms with Crippen LogP contribution in [0.3, 0.4) is 0 Å². The van der Waals surface area contributed by atoms with Crippen LogP contribution in [-0.2, 0) is 14.8 Å². The molecule has 0 saturated carbocycles. The lowest BCUT2D eigenvalue weighted by atomic mass is 10.2. The lowest BCUT2D eigenvalue weighted by Crippen LogP contribution is -2.30. The van der Waals surface area contributed by atoms with E-state index in [1.165, 1.54) is 21.7 Å². The van der Waals surface area contributed by atoms with E-state index < -0.39 is 10.0 Å². The number of thiophene rings is 1. The molecule has 2 N–H and O–H groups in total. The summed E-state index contributed by atoms with van der Waals surface area (Å²) in [6.45, 7) is 4.69. The third-order valence-electron chi connectivity index (χ3n) is 4.68. The van der Waals surface area contributed by atoms with E-state index in [0.717, 1.165) is 0 Å². The number of amides is 2. The van der Waals surface area contributed by atoms with Gasteiger partial charge in [-0.3, -0.25) is 9.59 Å². The molecular formula is C21H30N4O4S2. The lowest BCUT2D eigenvalue weighted by molar-refractivity contribution is -0.116. The van der Waals surface area contributed by atoms with Crippen molar-refractivity contribution in [3.63, 3.8) is 0 Å². The van der Waals surface area contributed by atoms with Gasteiger partial charge in [0.2, 0.25) is 15.9 Å². The van der Waals surface area contributed by atoms with E-state index >= 15 is 0 Å². The molecular weight excluding hydrogens is 436 g/mol. The Kier molecular flexibility index (Phi) is 9.02. The molecule has 0 atom stereocenters. The first kappa shape index (κ1) is 24.8. The fourth-order valence-electron chi connectivity index (χ4n) is 3.04. The van der Waals surface area contributed by atoms with Crippen molar-refractivity contribution < 1.29 is 18.0 Å². The molecule has 31 heavy (non-hydrogen) atoms. The van der Waals surface area contributed by atoms with E-state index in [2.05, 4.69) is 10.6 Å². The molecule has 1 heterocycles. The average molecular weight is 467 g/mol. The summed E-state index contributed by atoms with van der Waals surface area (Å²) < 4.78 is 27.1. The van der Waals surface area contributed by atoms with Gasteiger partial charge in [0.25, 0.3) is 5.91 Å². The zero-order chi connectivity index (χ0) is 23.0. The van der Waals surface area contributed by atoms with Crippen molar-refractivity contribution in [2.24, 2.45) is 0 Å². The highest BCUT2D eigenvalue weighted by Gasteiger charge is 2.23. The number of nitrogens with one attached hydrogen (secondary N) is 2. The molecule has 2 aromatic rings. The first-order chi connectivity index (χ1) is 14.7. The molecule has 0 radical (unpaired) electrons. The number of benzene rings is 1. The smallest absolute Gasteiger partial charge is 0.261 e. The maximum atomic E-state index is 12.8. The summed E-state index contributed by atoms with van der Waals surface area (Å²) in [4.78, 5) is 27.0. The van der Waals surface area contributed by atoms with Gasteiger partial charge in [0, 0.05) is 40.2 Å². The molecule has 1 aromatic heterocycles. The topological polar surface area (TPSA) is 98.8 Å². The lowest BCUT2D eigenvalue weighted by Gasteiger charge is -2.22. The van der Waals surface area contributed by atoms with Crippen LogP contribution in [-0.4, -0.2) is 58.3 Å². The molecule has 2 amide bonds. The molecule has 0 aliphatic heterocycles. The van der Waals surface area contributed by atoms with Gasteiger partial charge in [-0.25, -0.2) is 8.42 Å². The van der Waals surface area contributed by atoms with Crippen molar-refractivity contribution in [3.8, 4) is 0 Å². The highest BCUT2D eigenvalue weighted by Crippen LogP contribution is 2.29. The molecule has 1 aromatic carbocycles. The first-order valence-corrected chi connectivity index (χ1v) is 12.5. The molecule has 0 fully saturated rings. The Bertz CT molecular complexity index is 985. The third kappa shape index (κ3) is 6.52. The van der Waals surface area contributed by atoms with Crippen LogP contribution in [0.1, 0.15) is 36.4 Å². The number of anilines is 2. The van der Waals surface area contributed by atoms with Crippen molar-refractivity contribution in [1.82, 2.24) is 9.62 Å². The summed E-state index contributed by atoms with van der Waals surface area (Å²) in [5, 5.41) is 7.44. The predicted octanol–water partition coefficient (Wildman–Crippen LogP) is 2.99. The normalized spacial score (nSPS) is 11.4. The van der Waals surface area contributed by atoms with Gasteiger partial charge >= 0.3 is 0 Å². The van der Waals surface area contributed by atoms with E-state index in [9.17, 15) is 18.0 Å². The molecule has 0 unspecified atom stereocenters. The number of nitrogens with zero attached hydrogens (tertiary/aromatic N) is 2. The first-order valence-electron chi connectivity index (χ1n) is 10.1. The van der Waals surface area contributed by atoms with E-state index in [0.29, 0.717) is 42.3 Å². The quantitative estimate of drug-likeness (QED) is 0.496. The molecule has 10 heteroatoms. The van der Waals surface area contributed by atoms with Crippen molar-refractivity contribution in [1.29, 1.82) is 0 Å². The van der Waals surface area contributed by atoms with E-state index in [-0.39, 0.29) is 23.1 Å². The predicted molar refractivity (Wildman–Crippen MR) is 125 cm³/mol. The number of carbonyl (C=O) groups excluding carboxylic acids is 2. The number of hydrogen-bond acceptors (Lipinski definition) is 6. The van der Waals surface area contributed by atoms with Crippen LogP contribution in [0.25, 0.3) is 0 Å². The Morgan fingerprint density at radius 2 is 1.81 bits per heavy atom. The van der Waals surface area contributed by atoms with Gasteiger partial charge < -0.3 is 15.5 Å². The maximum absolute atomic E-state index is 12.8. The second kappa shape index (κ2) is 11.3. The average Bonchev–Trinajstić information content (AvgIpc) is 3.26. The summed E-state index contributed by atoms with van der Waals surface area (Å²) in [5.74, 6) is -0.398. The minimum Gasteiger partial charge on any atom is -0.376 e. The molecule has 2 rings (SSSR count). The Morgan fingerprint density at radius 3 is 2.39 bits per heavy atom. The molecule has 0 aliphatic carbocycles. The van der Waals surface area contributed by atoms with Crippen LogP contribution in [0.15, 0.2) is 40.6 Å². The van der Waals surface area contributed by atoms with Crippen LogP contribution in [0, 0.1) is 0 Å². The van der Waals surface area contributed by atoms with Crippen LogP contribution < -0.4 is 15.5 Å². The van der Waals surface area contributed by atoms with E-state index in [1.807, 2.05) is 30.4 Å². The number of rotatable bonds is 11. The van der Waals surface area contributed by atoms with E-state index in [1.54, 1.807) is 32.0 Å². The Balaban J connectivity index is 2.04. The summed E-state index contributed by atoms with van der Waals surface area (Å²) in [5.41, 5.74) is 1.14. The van der Waals surface area contributed by atoms with Crippen LogP contribution >= 0.6 is 11.3 Å². The fourth-order valence-corrected chi connectivity index (χ4v) is 5.16. The van der Waals surface area contributed by atoms with Gasteiger partial charge in [-0.2, -0.15) is 4.31 Å².